The first kappa shape index (κ1) is 21.1. The molecule has 31 heavy (non-hydrogen) atoms. The molecular formula is C19H14F6N4O2. The normalized spacial score (nSPS) is 19.4. The number of rotatable bonds is 1. The lowest BCUT2D eigenvalue weighted by Crippen LogP contribution is -2.57. The fourth-order valence-electron chi connectivity index (χ4n) is 3.52. The highest BCUT2D eigenvalue weighted by Gasteiger charge is 2.39. The van der Waals surface area contributed by atoms with E-state index < -0.39 is 46.9 Å². The highest BCUT2D eigenvalue weighted by molar-refractivity contribution is 6.09. The van der Waals surface area contributed by atoms with E-state index in [1.165, 1.54) is 11.0 Å². The molecule has 0 spiro atoms. The van der Waals surface area contributed by atoms with Crippen LogP contribution >= 0.6 is 0 Å². The van der Waals surface area contributed by atoms with Gasteiger partial charge in [-0.25, -0.2) is 4.98 Å². The number of nitrogens with zero attached hydrogens (tertiary/aromatic N) is 2. The first-order valence-corrected chi connectivity index (χ1v) is 9.08. The third kappa shape index (κ3) is 3.94. The van der Waals surface area contributed by atoms with Gasteiger partial charge in [0.1, 0.15) is 6.04 Å². The van der Waals surface area contributed by atoms with Crippen LogP contribution in [0.3, 0.4) is 0 Å². The number of aromatic nitrogens is 1. The average Bonchev–Trinajstić information content (AvgIpc) is 2.81. The first-order valence-electron chi connectivity index (χ1n) is 9.08. The summed E-state index contributed by atoms with van der Waals surface area (Å²) < 4.78 is 79.0. The molecule has 3 heterocycles. The molecule has 2 amide bonds. The summed E-state index contributed by atoms with van der Waals surface area (Å²) in [5.74, 6) is -1.10. The van der Waals surface area contributed by atoms with Gasteiger partial charge in [-0.15, -0.1) is 0 Å². The van der Waals surface area contributed by atoms with Gasteiger partial charge in [0.05, 0.1) is 22.5 Å². The standard InChI is InChI=1S/C19H14F6N4O2/c20-18(21,22)10-5-9(6-11(7-10)19(23,24)25)12-1-2-13-15(27-12)17(31)29-4-3-26-8-14(29)16(30)28-13/h1-2,5-7,14,26H,3-4,8H2,(H,28,30). The summed E-state index contributed by atoms with van der Waals surface area (Å²) in [5, 5.41) is 5.52. The van der Waals surface area contributed by atoms with E-state index >= 15 is 0 Å². The summed E-state index contributed by atoms with van der Waals surface area (Å²) in [6.07, 6.45) is -10.0. The van der Waals surface area contributed by atoms with E-state index in [9.17, 15) is 35.9 Å². The molecule has 2 aliphatic heterocycles. The number of carbonyl (C=O) groups is 2. The number of nitrogens with one attached hydrogen (secondary N) is 2. The van der Waals surface area contributed by atoms with Crippen LogP contribution in [0.2, 0.25) is 0 Å². The van der Waals surface area contributed by atoms with E-state index in [1.54, 1.807) is 0 Å². The minimum atomic E-state index is -5.01. The Morgan fingerprint density at radius 3 is 2.23 bits per heavy atom. The van der Waals surface area contributed by atoms with E-state index in [0.717, 1.165) is 6.07 Å². The van der Waals surface area contributed by atoms with Gasteiger partial charge in [-0.3, -0.25) is 9.59 Å². The Balaban J connectivity index is 1.83. The van der Waals surface area contributed by atoms with E-state index in [-0.39, 0.29) is 36.2 Å². The maximum absolute atomic E-state index is 13.2. The number of pyridine rings is 1. The maximum atomic E-state index is 13.2. The smallest absolute Gasteiger partial charge is 0.323 e. The second-order valence-electron chi connectivity index (χ2n) is 7.09. The van der Waals surface area contributed by atoms with Crippen LogP contribution in [0.4, 0.5) is 32.0 Å². The van der Waals surface area contributed by atoms with Crippen LogP contribution in [0.25, 0.3) is 11.3 Å². The molecule has 1 fully saturated rings. The Hall–Kier alpha value is -3.15. The summed E-state index contributed by atoms with van der Waals surface area (Å²) in [6.45, 7) is 0.832. The SMILES string of the molecule is O=C1Nc2ccc(-c3cc(C(F)(F)F)cc(C(F)(F)F)c3)nc2C(=O)N2CCNCC12. The van der Waals surface area contributed by atoms with E-state index in [2.05, 4.69) is 15.6 Å². The molecule has 6 nitrogen and oxygen atoms in total. The second-order valence-corrected chi connectivity index (χ2v) is 7.09. The van der Waals surface area contributed by atoms with Gasteiger partial charge in [0, 0.05) is 25.2 Å². The summed E-state index contributed by atoms with van der Waals surface area (Å²) in [4.78, 5) is 30.6. The summed E-state index contributed by atoms with van der Waals surface area (Å²) >= 11 is 0. The Bertz CT molecular complexity index is 1030. The number of carbonyl (C=O) groups excluding carboxylic acids is 2. The second kappa shape index (κ2) is 7.22. The van der Waals surface area contributed by atoms with Gasteiger partial charge in [-0.2, -0.15) is 26.3 Å². The number of fused-ring (bicyclic) bond motifs is 2. The van der Waals surface area contributed by atoms with Gasteiger partial charge in [-0.05, 0) is 30.3 Å². The molecule has 164 valence electrons. The molecule has 1 saturated heterocycles. The fraction of sp³-hybridized carbons (Fsp3) is 0.316. The number of benzene rings is 1. The highest BCUT2D eigenvalue weighted by atomic mass is 19.4. The van der Waals surface area contributed by atoms with Crippen molar-refractivity contribution in [3.63, 3.8) is 0 Å². The Morgan fingerprint density at radius 1 is 0.968 bits per heavy atom. The van der Waals surface area contributed by atoms with E-state index in [1.807, 2.05) is 0 Å². The van der Waals surface area contributed by atoms with Gasteiger partial charge in [-0.1, -0.05) is 0 Å². The molecule has 4 rings (SSSR count). The van der Waals surface area contributed by atoms with Crippen molar-refractivity contribution in [2.45, 2.75) is 18.4 Å². The number of anilines is 1. The Kier molecular flexibility index (Phi) is 4.91. The van der Waals surface area contributed by atoms with Crippen LogP contribution in [-0.2, 0) is 17.1 Å². The minimum absolute atomic E-state index is 0.0175. The molecule has 1 aromatic heterocycles. The van der Waals surface area contributed by atoms with Gasteiger partial charge >= 0.3 is 12.4 Å². The zero-order valence-corrected chi connectivity index (χ0v) is 15.6. The molecule has 2 aliphatic rings. The predicted octanol–water partition coefficient (Wildman–Crippen LogP) is 3.15. The molecule has 2 aromatic rings. The molecule has 1 aromatic carbocycles. The molecule has 0 saturated carbocycles. The van der Waals surface area contributed by atoms with Gasteiger partial charge in [0.2, 0.25) is 5.91 Å². The lowest BCUT2D eigenvalue weighted by atomic mass is 10.0. The van der Waals surface area contributed by atoms with Gasteiger partial charge in [0.15, 0.2) is 5.69 Å². The number of hydrogen-bond donors (Lipinski definition) is 2. The zero-order valence-electron chi connectivity index (χ0n) is 15.6. The lowest BCUT2D eigenvalue weighted by molar-refractivity contribution is -0.143. The molecule has 0 aliphatic carbocycles. The van der Waals surface area contributed by atoms with Crippen molar-refractivity contribution in [1.29, 1.82) is 0 Å². The van der Waals surface area contributed by atoms with Crippen LogP contribution < -0.4 is 10.6 Å². The first-order chi connectivity index (χ1) is 14.4. The Morgan fingerprint density at radius 2 is 1.61 bits per heavy atom. The number of halogens is 6. The fourth-order valence-corrected chi connectivity index (χ4v) is 3.52. The summed E-state index contributed by atoms with van der Waals surface area (Å²) in [5.41, 5.74) is -3.90. The van der Waals surface area contributed by atoms with Crippen molar-refractivity contribution in [2.75, 3.05) is 25.0 Å². The molecule has 1 unspecified atom stereocenters. The van der Waals surface area contributed by atoms with Crippen molar-refractivity contribution in [1.82, 2.24) is 15.2 Å². The van der Waals surface area contributed by atoms with E-state index in [0.29, 0.717) is 18.7 Å². The van der Waals surface area contributed by atoms with Gasteiger partial charge < -0.3 is 15.5 Å². The molecule has 12 heteroatoms. The van der Waals surface area contributed by atoms with Crippen LogP contribution in [0.5, 0.6) is 0 Å². The third-order valence-corrected chi connectivity index (χ3v) is 5.05. The topological polar surface area (TPSA) is 74.3 Å². The number of piperazine rings is 1. The highest BCUT2D eigenvalue weighted by Crippen LogP contribution is 2.38. The zero-order chi connectivity index (χ0) is 22.6. The maximum Gasteiger partial charge on any atom is 0.416 e. The van der Waals surface area contributed by atoms with E-state index in [4.69, 9.17) is 0 Å². The largest absolute Gasteiger partial charge is 0.416 e. The predicted molar refractivity (Wildman–Crippen MR) is 96.0 cm³/mol. The van der Waals surface area contributed by atoms with Crippen LogP contribution in [0.15, 0.2) is 30.3 Å². The van der Waals surface area contributed by atoms with Crippen LogP contribution in [0, 0.1) is 0 Å². The monoisotopic (exact) mass is 444 g/mol. The summed E-state index contributed by atoms with van der Waals surface area (Å²) in [7, 11) is 0. The van der Waals surface area contributed by atoms with Crippen molar-refractivity contribution >= 4 is 17.5 Å². The van der Waals surface area contributed by atoms with Crippen molar-refractivity contribution in [3.05, 3.63) is 47.2 Å². The van der Waals surface area contributed by atoms with Crippen molar-refractivity contribution in [2.24, 2.45) is 0 Å². The quantitative estimate of drug-likeness (QED) is 0.663. The van der Waals surface area contributed by atoms with Gasteiger partial charge in [0.25, 0.3) is 5.91 Å². The Labute approximate surface area is 171 Å². The van der Waals surface area contributed by atoms with Crippen molar-refractivity contribution < 1.29 is 35.9 Å². The van der Waals surface area contributed by atoms with Crippen LogP contribution in [-0.4, -0.2) is 47.4 Å². The lowest BCUT2D eigenvalue weighted by Gasteiger charge is -2.32. The number of hydrogen-bond acceptors (Lipinski definition) is 4. The molecule has 1 atom stereocenters. The summed E-state index contributed by atoms with van der Waals surface area (Å²) in [6, 6.07) is 2.69. The number of alkyl halides is 6. The average molecular weight is 444 g/mol. The molecule has 2 N–H and O–H groups in total. The third-order valence-electron chi connectivity index (χ3n) is 5.05. The molecule has 0 bridgehead atoms. The van der Waals surface area contributed by atoms with Crippen LogP contribution in [0.1, 0.15) is 21.6 Å². The minimum Gasteiger partial charge on any atom is -0.323 e. The molecular weight excluding hydrogens is 430 g/mol. The number of amides is 2. The molecule has 0 radical (unpaired) electrons. The van der Waals surface area contributed by atoms with Crippen molar-refractivity contribution in [3.8, 4) is 11.3 Å².